The first kappa shape index (κ1) is 20.0. The lowest BCUT2D eigenvalue weighted by Crippen LogP contribution is -2.29. The Balaban J connectivity index is 1.94. The van der Waals surface area contributed by atoms with Crippen LogP contribution in [0.1, 0.15) is 23.1 Å². The van der Waals surface area contributed by atoms with Crippen LogP contribution in [0.3, 0.4) is 0 Å². The Bertz CT molecular complexity index is 1200. The number of furan rings is 1. The highest BCUT2D eigenvalue weighted by molar-refractivity contribution is 9.10. The second kappa shape index (κ2) is 7.53. The van der Waals surface area contributed by atoms with E-state index in [1.54, 1.807) is 43.3 Å². The molecule has 1 amide bonds. The number of benzene rings is 2. The summed E-state index contributed by atoms with van der Waals surface area (Å²) in [5, 5.41) is 10.9. The second-order valence-corrected chi connectivity index (χ2v) is 7.64. The fourth-order valence-corrected chi connectivity index (χ4v) is 3.63. The minimum absolute atomic E-state index is 0.0371. The summed E-state index contributed by atoms with van der Waals surface area (Å²) in [6, 6.07) is 11.4. The van der Waals surface area contributed by atoms with Crippen molar-refractivity contribution in [3.63, 3.8) is 0 Å². The van der Waals surface area contributed by atoms with Gasteiger partial charge in [0.05, 0.1) is 5.57 Å². The summed E-state index contributed by atoms with van der Waals surface area (Å²) in [5.74, 6) is -3.88. The quantitative estimate of drug-likeness (QED) is 0.320. The summed E-state index contributed by atoms with van der Waals surface area (Å²) >= 11 is 3.30. The van der Waals surface area contributed by atoms with Crippen molar-refractivity contribution in [3.05, 3.63) is 93.4 Å². The topological polar surface area (TPSA) is 70.8 Å². The highest BCUT2D eigenvalue weighted by Crippen LogP contribution is 2.42. The molecular formula is C22H14BrF2NO4. The van der Waals surface area contributed by atoms with Crippen molar-refractivity contribution in [1.82, 2.24) is 0 Å². The maximum atomic E-state index is 13.9. The van der Waals surface area contributed by atoms with Gasteiger partial charge in [-0.05, 0) is 43.3 Å². The average Bonchev–Trinajstić information content (AvgIpc) is 3.25. The Morgan fingerprint density at radius 1 is 1.03 bits per heavy atom. The molecule has 0 spiro atoms. The van der Waals surface area contributed by atoms with Crippen LogP contribution >= 0.6 is 15.9 Å². The number of hydrogen-bond acceptors (Lipinski definition) is 4. The van der Waals surface area contributed by atoms with E-state index in [9.17, 15) is 23.5 Å². The molecule has 0 radical (unpaired) electrons. The molecule has 0 saturated carbocycles. The number of carbonyl (C=O) groups is 2. The molecule has 1 saturated heterocycles. The number of hydrogen-bond donors (Lipinski definition) is 1. The van der Waals surface area contributed by atoms with Gasteiger partial charge in [-0.15, -0.1) is 0 Å². The molecular weight excluding hydrogens is 460 g/mol. The molecule has 1 aliphatic heterocycles. The molecule has 1 aromatic heterocycles. The number of Topliss-reactive ketones (excluding diaryl/α,β-unsaturated/α-hetero) is 1. The number of carbonyl (C=O) groups excluding carboxylic acids is 2. The first-order chi connectivity index (χ1) is 14.3. The predicted octanol–water partition coefficient (Wildman–Crippen LogP) is 5.26. The van der Waals surface area contributed by atoms with E-state index in [1.165, 1.54) is 6.07 Å². The van der Waals surface area contributed by atoms with Crippen molar-refractivity contribution >= 4 is 39.1 Å². The minimum atomic E-state index is -1.17. The van der Waals surface area contributed by atoms with Gasteiger partial charge >= 0.3 is 0 Å². The first-order valence-electron chi connectivity index (χ1n) is 8.86. The monoisotopic (exact) mass is 473 g/mol. The highest BCUT2D eigenvalue weighted by Gasteiger charge is 2.48. The van der Waals surface area contributed by atoms with Crippen LogP contribution in [0.25, 0.3) is 5.76 Å². The van der Waals surface area contributed by atoms with Crippen molar-refractivity contribution in [2.24, 2.45) is 0 Å². The number of anilines is 1. The van der Waals surface area contributed by atoms with Crippen molar-refractivity contribution in [2.45, 2.75) is 13.0 Å². The summed E-state index contributed by atoms with van der Waals surface area (Å²) in [7, 11) is 0. The maximum Gasteiger partial charge on any atom is 0.300 e. The maximum absolute atomic E-state index is 13.9. The molecule has 8 heteroatoms. The zero-order chi connectivity index (χ0) is 21.6. The zero-order valence-electron chi connectivity index (χ0n) is 15.5. The smallest absolute Gasteiger partial charge is 0.300 e. The molecule has 3 aromatic rings. The van der Waals surface area contributed by atoms with E-state index in [0.29, 0.717) is 11.3 Å². The SMILES string of the molecule is Cc1ccc(C2/C(=C(/O)c3ccc(Br)cc3)C(=O)C(=O)N2c2ccc(F)c(F)c2)o1. The average molecular weight is 474 g/mol. The van der Waals surface area contributed by atoms with Crippen molar-refractivity contribution in [2.75, 3.05) is 4.90 Å². The second-order valence-electron chi connectivity index (χ2n) is 6.72. The Morgan fingerprint density at radius 3 is 2.33 bits per heavy atom. The van der Waals surface area contributed by atoms with Gasteiger partial charge in [-0.3, -0.25) is 14.5 Å². The summed E-state index contributed by atoms with van der Waals surface area (Å²) < 4.78 is 33.7. The number of aliphatic hydroxyl groups excluding tert-OH is 1. The molecule has 152 valence electrons. The minimum Gasteiger partial charge on any atom is -0.507 e. The van der Waals surface area contributed by atoms with Gasteiger partial charge in [0.25, 0.3) is 11.7 Å². The van der Waals surface area contributed by atoms with Gasteiger partial charge in [-0.2, -0.15) is 0 Å². The number of rotatable bonds is 3. The van der Waals surface area contributed by atoms with Gasteiger partial charge in [-0.25, -0.2) is 8.78 Å². The van der Waals surface area contributed by atoms with Crippen LogP contribution in [-0.2, 0) is 9.59 Å². The number of amides is 1. The van der Waals surface area contributed by atoms with E-state index in [2.05, 4.69) is 15.9 Å². The van der Waals surface area contributed by atoms with Gasteiger partial charge in [0.15, 0.2) is 11.6 Å². The van der Waals surface area contributed by atoms with E-state index >= 15 is 0 Å². The van der Waals surface area contributed by atoms with Gasteiger partial charge in [0.2, 0.25) is 0 Å². The Morgan fingerprint density at radius 2 is 1.73 bits per heavy atom. The first-order valence-corrected chi connectivity index (χ1v) is 9.65. The van der Waals surface area contributed by atoms with Crippen LogP contribution in [0, 0.1) is 18.6 Å². The summed E-state index contributed by atoms with van der Waals surface area (Å²) in [6.45, 7) is 1.68. The van der Waals surface area contributed by atoms with Gasteiger partial charge in [-0.1, -0.05) is 28.1 Å². The molecule has 2 aromatic carbocycles. The third-order valence-electron chi connectivity index (χ3n) is 4.77. The summed E-state index contributed by atoms with van der Waals surface area (Å²) in [6.07, 6.45) is 0. The molecule has 1 aliphatic rings. The normalized spacial score (nSPS) is 18.3. The van der Waals surface area contributed by atoms with E-state index < -0.39 is 35.1 Å². The molecule has 2 heterocycles. The molecule has 1 N–H and O–H groups in total. The van der Waals surface area contributed by atoms with Gasteiger partial charge in [0, 0.05) is 21.8 Å². The van der Waals surface area contributed by atoms with Crippen LogP contribution in [0.4, 0.5) is 14.5 Å². The van der Waals surface area contributed by atoms with Crippen LogP contribution in [0.15, 0.2) is 69.1 Å². The van der Waals surface area contributed by atoms with Gasteiger partial charge in [0.1, 0.15) is 23.3 Å². The Kier molecular flexibility index (Phi) is 5.03. The number of halogens is 3. The fraction of sp³-hybridized carbons (Fsp3) is 0.0909. The third kappa shape index (κ3) is 3.33. The largest absolute Gasteiger partial charge is 0.507 e. The molecule has 0 aliphatic carbocycles. The molecule has 1 atom stereocenters. The number of aliphatic hydroxyl groups is 1. The Hall–Kier alpha value is -3.26. The number of nitrogens with zero attached hydrogens (tertiary/aromatic N) is 1. The van der Waals surface area contributed by atoms with Crippen LogP contribution in [-0.4, -0.2) is 16.8 Å². The number of aryl methyl sites for hydroxylation is 1. The molecule has 30 heavy (non-hydrogen) atoms. The highest BCUT2D eigenvalue weighted by atomic mass is 79.9. The molecule has 1 unspecified atom stereocenters. The van der Waals surface area contributed by atoms with Crippen molar-refractivity contribution in [1.29, 1.82) is 0 Å². The van der Waals surface area contributed by atoms with Crippen LogP contribution in [0.2, 0.25) is 0 Å². The lowest BCUT2D eigenvalue weighted by Gasteiger charge is -2.23. The standard InChI is InChI=1S/C22H14BrF2NO4/c1-11-2-9-17(30-11)19-18(20(27)12-3-5-13(23)6-4-12)21(28)22(29)26(19)14-7-8-15(24)16(25)10-14/h2-10,19,27H,1H3/b20-18-. The zero-order valence-corrected chi connectivity index (χ0v) is 17.1. The molecule has 0 bridgehead atoms. The van der Waals surface area contributed by atoms with Crippen LogP contribution < -0.4 is 4.90 Å². The van der Waals surface area contributed by atoms with E-state index in [-0.39, 0.29) is 17.0 Å². The Labute approximate surface area is 178 Å². The van der Waals surface area contributed by atoms with Crippen molar-refractivity contribution < 1.29 is 27.9 Å². The lowest BCUT2D eigenvalue weighted by atomic mass is 9.99. The molecule has 5 nitrogen and oxygen atoms in total. The van der Waals surface area contributed by atoms with Gasteiger partial charge < -0.3 is 9.52 Å². The van der Waals surface area contributed by atoms with E-state index in [4.69, 9.17) is 4.42 Å². The fourth-order valence-electron chi connectivity index (χ4n) is 3.37. The summed E-state index contributed by atoms with van der Waals surface area (Å²) in [5.41, 5.74) is 0.0704. The molecule has 4 rings (SSSR count). The lowest BCUT2D eigenvalue weighted by molar-refractivity contribution is -0.132. The van der Waals surface area contributed by atoms with E-state index in [0.717, 1.165) is 21.5 Å². The third-order valence-corrected chi connectivity index (χ3v) is 5.30. The molecule has 1 fully saturated rings. The van der Waals surface area contributed by atoms with Crippen molar-refractivity contribution in [3.8, 4) is 0 Å². The predicted molar refractivity (Wildman–Crippen MR) is 109 cm³/mol. The number of ketones is 1. The van der Waals surface area contributed by atoms with E-state index in [1.807, 2.05) is 0 Å². The van der Waals surface area contributed by atoms with Crippen LogP contribution in [0.5, 0.6) is 0 Å². The summed E-state index contributed by atoms with van der Waals surface area (Å²) in [4.78, 5) is 26.7.